The molecular weight excluding hydrogens is 380 g/mol. The fourth-order valence-electron chi connectivity index (χ4n) is 3.13. The molecule has 0 saturated carbocycles. The SMILES string of the molecule is CC(=O)Oc1ccc([C@@H]2COc3c(ccc(OC(C)=O)c3OC(C)=O)[C@@H]2O)cc1. The summed E-state index contributed by atoms with van der Waals surface area (Å²) in [4.78, 5) is 33.9. The monoisotopic (exact) mass is 400 g/mol. The van der Waals surface area contributed by atoms with Crippen LogP contribution in [-0.4, -0.2) is 29.6 Å². The van der Waals surface area contributed by atoms with Crippen LogP contribution < -0.4 is 18.9 Å². The summed E-state index contributed by atoms with van der Waals surface area (Å²) >= 11 is 0. The number of hydrogen-bond donors (Lipinski definition) is 1. The van der Waals surface area contributed by atoms with Crippen LogP contribution in [0.3, 0.4) is 0 Å². The van der Waals surface area contributed by atoms with E-state index < -0.39 is 29.9 Å². The minimum atomic E-state index is -0.959. The fourth-order valence-corrected chi connectivity index (χ4v) is 3.13. The number of carbonyl (C=O) groups excluding carboxylic acids is 3. The summed E-state index contributed by atoms with van der Waals surface area (Å²) in [5.74, 6) is -1.49. The molecule has 1 N–H and O–H groups in total. The molecule has 0 radical (unpaired) electrons. The second kappa shape index (κ2) is 8.32. The molecule has 1 heterocycles. The number of esters is 3. The molecule has 0 bridgehead atoms. The Kier molecular flexibility index (Phi) is 5.84. The second-order valence-electron chi connectivity index (χ2n) is 6.52. The molecule has 0 aliphatic carbocycles. The van der Waals surface area contributed by atoms with E-state index in [-0.39, 0.29) is 23.9 Å². The van der Waals surface area contributed by atoms with Gasteiger partial charge in [-0.05, 0) is 29.8 Å². The highest BCUT2D eigenvalue weighted by Gasteiger charge is 2.34. The third-order valence-corrected chi connectivity index (χ3v) is 4.28. The Hall–Kier alpha value is -3.39. The Balaban J connectivity index is 1.93. The van der Waals surface area contributed by atoms with E-state index in [2.05, 4.69) is 0 Å². The molecule has 1 aliphatic rings. The van der Waals surface area contributed by atoms with Gasteiger partial charge in [-0.1, -0.05) is 12.1 Å². The number of aliphatic hydroxyl groups is 1. The number of benzene rings is 2. The van der Waals surface area contributed by atoms with E-state index in [0.717, 1.165) is 5.56 Å². The molecule has 29 heavy (non-hydrogen) atoms. The van der Waals surface area contributed by atoms with Gasteiger partial charge in [0.15, 0.2) is 11.5 Å². The van der Waals surface area contributed by atoms with Gasteiger partial charge in [0.2, 0.25) is 5.75 Å². The Morgan fingerprint density at radius 2 is 1.52 bits per heavy atom. The largest absolute Gasteiger partial charge is 0.488 e. The Labute approximate surface area is 167 Å². The van der Waals surface area contributed by atoms with Gasteiger partial charge in [0.25, 0.3) is 0 Å². The highest BCUT2D eigenvalue weighted by Crippen LogP contribution is 2.49. The zero-order valence-electron chi connectivity index (χ0n) is 16.1. The zero-order chi connectivity index (χ0) is 21.1. The minimum absolute atomic E-state index is 0.0304. The lowest BCUT2D eigenvalue weighted by molar-refractivity contribution is -0.134. The van der Waals surface area contributed by atoms with Crippen molar-refractivity contribution in [1.29, 1.82) is 0 Å². The van der Waals surface area contributed by atoms with Crippen molar-refractivity contribution in [3.05, 3.63) is 47.5 Å². The van der Waals surface area contributed by atoms with Gasteiger partial charge in [0.1, 0.15) is 5.75 Å². The first kappa shape index (κ1) is 20.3. The quantitative estimate of drug-likeness (QED) is 0.616. The molecule has 0 saturated heterocycles. The molecule has 0 amide bonds. The fraction of sp³-hybridized carbons (Fsp3) is 0.286. The number of ether oxygens (including phenoxy) is 4. The van der Waals surface area contributed by atoms with Crippen LogP contribution in [0.25, 0.3) is 0 Å². The van der Waals surface area contributed by atoms with E-state index in [4.69, 9.17) is 18.9 Å². The van der Waals surface area contributed by atoms with Gasteiger partial charge < -0.3 is 24.1 Å². The van der Waals surface area contributed by atoms with Gasteiger partial charge in [-0.2, -0.15) is 0 Å². The molecule has 152 valence electrons. The summed E-state index contributed by atoms with van der Waals surface area (Å²) in [5, 5.41) is 10.9. The maximum atomic E-state index is 11.5. The van der Waals surface area contributed by atoms with Crippen molar-refractivity contribution in [2.24, 2.45) is 0 Å². The number of fused-ring (bicyclic) bond motifs is 1. The first-order valence-electron chi connectivity index (χ1n) is 8.89. The summed E-state index contributed by atoms with van der Waals surface area (Å²) in [6.07, 6.45) is -0.959. The van der Waals surface area contributed by atoms with Crippen molar-refractivity contribution in [2.45, 2.75) is 32.8 Å². The third kappa shape index (κ3) is 4.55. The summed E-state index contributed by atoms with van der Waals surface area (Å²) in [7, 11) is 0. The number of carbonyl (C=O) groups is 3. The molecule has 3 rings (SSSR count). The van der Waals surface area contributed by atoms with E-state index in [9.17, 15) is 19.5 Å². The molecule has 2 aromatic carbocycles. The molecular formula is C21H20O8. The average molecular weight is 400 g/mol. The number of aliphatic hydroxyl groups excluding tert-OH is 1. The minimum Gasteiger partial charge on any atom is -0.488 e. The van der Waals surface area contributed by atoms with Crippen LogP contribution in [0.5, 0.6) is 23.0 Å². The predicted molar refractivity (Wildman–Crippen MR) is 100 cm³/mol. The van der Waals surface area contributed by atoms with Crippen LogP contribution in [0.1, 0.15) is 43.9 Å². The van der Waals surface area contributed by atoms with Crippen LogP contribution in [0.15, 0.2) is 36.4 Å². The van der Waals surface area contributed by atoms with Crippen LogP contribution >= 0.6 is 0 Å². The first-order chi connectivity index (χ1) is 13.8. The molecule has 8 nitrogen and oxygen atoms in total. The summed E-state index contributed by atoms with van der Waals surface area (Å²) in [6, 6.07) is 9.74. The molecule has 8 heteroatoms. The maximum Gasteiger partial charge on any atom is 0.308 e. The Bertz CT molecular complexity index is 948. The van der Waals surface area contributed by atoms with Crippen molar-refractivity contribution in [2.75, 3.05) is 6.61 Å². The van der Waals surface area contributed by atoms with E-state index >= 15 is 0 Å². The highest BCUT2D eigenvalue weighted by atomic mass is 16.6. The molecule has 0 aromatic heterocycles. The Morgan fingerprint density at radius 3 is 2.10 bits per heavy atom. The second-order valence-corrected chi connectivity index (χ2v) is 6.52. The van der Waals surface area contributed by atoms with E-state index in [1.165, 1.54) is 26.8 Å². The predicted octanol–water partition coefficient (Wildman–Crippen LogP) is 2.67. The smallest absolute Gasteiger partial charge is 0.308 e. The lowest BCUT2D eigenvalue weighted by Gasteiger charge is -2.32. The van der Waals surface area contributed by atoms with Gasteiger partial charge >= 0.3 is 17.9 Å². The van der Waals surface area contributed by atoms with E-state index in [0.29, 0.717) is 11.3 Å². The van der Waals surface area contributed by atoms with Gasteiger partial charge in [0, 0.05) is 32.3 Å². The van der Waals surface area contributed by atoms with E-state index in [1.807, 2.05) is 0 Å². The van der Waals surface area contributed by atoms with Gasteiger partial charge in [-0.25, -0.2) is 0 Å². The highest BCUT2D eigenvalue weighted by molar-refractivity contribution is 5.76. The van der Waals surface area contributed by atoms with Crippen LogP contribution in [0, 0.1) is 0 Å². The first-order valence-corrected chi connectivity index (χ1v) is 8.89. The molecule has 0 unspecified atom stereocenters. The topological polar surface area (TPSA) is 108 Å². The Morgan fingerprint density at radius 1 is 0.897 bits per heavy atom. The molecule has 2 aromatic rings. The van der Waals surface area contributed by atoms with Crippen molar-refractivity contribution < 1.29 is 38.4 Å². The molecule has 2 atom stereocenters. The van der Waals surface area contributed by atoms with Gasteiger partial charge in [0.05, 0.1) is 12.7 Å². The normalized spacial score (nSPS) is 17.5. The van der Waals surface area contributed by atoms with Gasteiger partial charge in [-0.15, -0.1) is 0 Å². The lowest BCUT2D eigenvalue weighted by Crippen LogP contribution is -2.25. The van der Waals surface area contributed by atoms with Crippen LogP contribution in [-0.2, 0) is 14.4 Å². The summed E-state index contributed by atoms with van der Waals surface area (Å²) in [6.45, 7) is 3.85. The van der Waals surface area contributed by atoms with Gasteiger partial charge in [-0.3, -0.25) is 14.4 Å². The van der Waals surface area contributed by atoms with Crippen molar-refractivity contribution >= 4 is 17.9 Å². The summed E-state index contributed by atoms with van der Waals surface area (Å²) in [5.41, 5.74) is 1.18. The molecule has 0 spiro atoms. The maximum absolute atomic E-state index is 11.5. The molecule has 1 aliphatic heterocycles. The van der Waals surface area contributed by atoms with Crippen LogP contribution in [0.4, 0.5) is 0 Å². The van der Waals surface area contributed by atoms with Crippen molar-refractivity contribution in [3.8, 4) is 23.0 Å². The lowest BCUT2D eigenvalue weighted by atomic mass is 9.87. The number of hydrogen-bond acceptors (Lipinski definition) is 8. The van der Waals surface area contributed by atoms with Crippen molar-refractivity contribution in [1.82, 2.24) is 0 Å². The number of rotatable bonds is 4. The van der Waals surface area contributed by atoms with Crippen molar-refractivity contribution in [3.63, 3.8) is 0 Å². The summed E-state index contributed by atoms with van der Waals surface area (Å²) < 4.78 is 21.1. The third-order valence-electron chi connectivity index (χ3n) is 4.28. The zero-order valence-corrected chi connectivity index (χ0v) is 16.1. The average Bonchev–Trinajstić information content (AvgIpc) is 2.63. The standard InChI is InChI=1S/C21H20O8/c1-11(22)27-15-6-4-14(5-7-15)17-10-26-20-16(19(17)25)8-9-18(28-12(2)23)21(20)29-13(3)24/h4-9,17,19,25H,10H2,1-3H3/t17-,19-/m0/s1. The van der Waals surface area contributed by atoms with E-state index in [1.54, 1.807) is 30.3 Å². The van der Waals surface area contributed by atoms with Crippen LogP contribution in [0.2, 0.25) is 0 Å². The molecule has 0 fully saturated rings.